The van der Waals surface area contributed by atoms with Crippen LogP contribution in [0.5, 0.6) is 0 Å². The van der Waals surface area contributed by atoms with E-state index in [4.69, 9.17) is 11.6 Å². The first-order valence-electron chi connectivity index (χ1n) is 7.67. The van der Waals surface area contributed by atoms with E-state index in [1.807, 2.05) is 36.4 Å². The molecule has 4 nitrogen and oxygen atoms in total. The fourth-order valence-corrected chi connectivity index (χ4v) is 2.97. The highest BCUT2D eigenvalue weighted by Crippen LogP contribution is 2.27. The minimum absolute atomic E-state index is 0.0551. The van der Waals surface area contributed by atoms with Gasteiger partial charge >= 0.3 is 0 Å². The summed E-state index contributed by atoms with van der Waals surface area (Å²) in [6.07, 6.45) is 0.286. The largest absolute Gasteiger partial charge is 0.332 e. The van der Waals surface area contributed by atoms with Gasteiger partial charge in [0.15, 0.2) is 0 Å². The number of aliphatic imine (C=N–C) groups is 1. The Morgan fingerprint density at radius 2 is 1.96 bits per heavy atom. The van der Waals surface area contributed by atoms with Crippen LogP contribution in [0, 0.1) is 11.3 Å². The Hall–Kier alpha value is -2.64. The Morgan fingerprint density at radius 3 is 2.67 bits per heavy atom. The summed E-state index contributed by atoms with van der Waals surface area (Å²) in [6, 6.07) is 17.4. The topological polar surface area (TPSA) is 56.5 Å². The standard InChI is InChI=1S/C19H16ClN3O/c20-10-15-7-4-8-16(11-21)19(15)22-17-9-18(24)23(13-17)12-14-5-2-1-3-6-14/h1-8H,9-10,12-13H2. The third-order valence-corrected chi connectivity index (χ3v) is 4.24. The molecule has 0 N–H and O–H groups in total. The molecule has 0 aromatic heterocycles. The zero-order chi connectivity index (χ0) is 16.9. The molecule has 2 aromatic carbocycles. The number of hydrogen-bond acceptors (Lipinski definition) is 3. The maximum absolute atomic E-state index is 12.2. The molecule has 0 saturated carbocycles. The number of para-hydroxylation sites is 1. The van der Waals surface area contributed by atoms with Crippen molar-refractivity contribution < 1.29 is 4.79 Å². The summed E-state index contributed by atoms with van der Waals surface area (Å²) >= 11 is 5.96. The van der Waals surface area contributed by atoms with Crippen LogP contribution < -0.4 is 0 Å². The minimum Gasteiger partial charge on any atom is -0.332 e. The number of benzene rings is 2. The molecule has 2 aromatic rings. The number of alkyl halides is 1. The number of halogens is 1. The summed E-state index contributed by atoms with van der Waals surface area (Å²) < 4.78 is 0. The summed E-state index contributed by atoms with van der Waals surface area (Å²) in [4.78, 5) is 18.6. The monoisotopic (exact) mass is 337 g/mol. The van der Waals surface area contributed by atoms with Crippen molar-refractivity contribution in [1.29, 1.82) is 5.26 Å². The highest BCUT2D eigenvalue weighted by molar-refractivity contribution is 6.17. The molecule has 0 unspecified atom stereocenters. The SMILES string of the molecule is N#Cc1cccc(CCl)c1N=C1CC(=O)N(Cc2ccccc2)C1. The van der Waals surface area contributed by atoms with E-state index in [2.05, 4.69) is 11.1 Å². The zero-order valence-corrected chi connectivity index (χ0v) is 13.8. The number of rotatable bonds is 4. The minimum atomic E-state index is 0.0551. The van der Waals surface area contributed by atoms with E-state index < -0.39 is 0 Å². The molecule has 1 aliphatic heterocycles. The van der Waals surface area contributed by atoms with Crippen LogP contribution in [0.4, 0.5) is 5.69 Å². The lowest BCUT2D eigenvalue weighted by Crippen LogP contribution is -2.24. The molecule has 0 bridgehead atoms. The van der Waals surface area contributed by atoms with Crippen LogP contribution in [0.2, 0.25) is 0 Å². The first kappa shape index (κ1) is 16.2. The van der Waals surface area contributed by atoms with Gasteiger partial charge in [-0.15, -0.1) is 11.6 Å². The Labute approximate surface area is 146 Å². The second-order valence-corrected chi connectivity index (χ2v) is 5.92. The number of carbonyl (C=O) groups is 1. The molecule has 0 spiro atoms. The average molecular weight is 338 g/mol. The van der Waals surface area contributed by atoms with Crippen molar-refractivity contribution in [3.8, 4) is 6.07 Å². The highest BCUT2D eigenvalue weighted by Gasteiger charge is 2.26. The van der Waals surface area contributed by atoms with E-state index in [1.165, 1.54) is 0 Å². The van der Waals surface area contributed by atoms with Crippen molar-refractivity contribution >= 4 is 28.9 Å². The van der Waals surface area contributed by atoms with E-state index in [0.29, 0.717) is 24.3 Å². The number of nitrogens with zero attached hydrogens (tertiary/aromatic N) is 3. The Bertz CT molecular complexity index is 824. The van der Waals surface area contributed by atoms with Crippen LogP contribution in [0.1, 0.15) is 23.1 Å². The molecule has 1 aliphatic rings. The molecule has 1 heterocycles. The number of carbonyl (C=O) groups excluding carboxylic acids is 1. The lowest BCUT2D eigenvalue weighted by molar-refractivity contribution is -0.128. The van der Waals surface area contributed by atoms with Gasteiger partial charge in [0, 0.05) is 18.1 Å². The van der Waals surface area contributed by atoms with Crippen molar-refractivity contribution in [2.24, 2.45) is 4.99 Å². The van der Waals surface area contributed by atoms with E-state index >= 15 is 0 Å². The number of nitriles is 1. The van der Waals surface area contributed by atoms with Gasteiger partial charge in [-0.25, -0.2) is 0 Å². The van der Waals surface area contributed by atoms with Gasteiger partial charge in [0.05, 0.1) is 24.2 Å². The van der Waals surface area contributed by atoms with Gasteiger partial charge in [-0.1, -0.05) is 42.5 Å². The smallest absolute Gasteiger partial charge is 0.228 e. The summed E-state index contributed by atoms with van der Waals surface area (Å²) in [7, 11) is 0. The first-order valence-corrected chi connectivity index (χ1v) is 8.21. The van der Waals surface area contributed by atoms with E-state index in [9.17, 15) is 10.1 Å². The van der Waals surface area contributed by atoms with Crippen LogP contribution in [-0.2, 0) is 17.2 Å². The van der Waals surface area contributed by atoms with Gasteiger partial charge in [-0.3, -0.25) is 9.79 Å². The van der Waals surface area contributed by atoms with Crippen molar-refractivity contribution in [1.82, 2.24) is 4.90 Å². The molecular weight excluding hydrogens is 322 g/mol. The lowest BCUT2D eigenvalue weighted by Gasteiger charge is -2.14. The third-order valence-electron chi connectivity index (χ3n) is 3.95. The number of amides is 1. The van der Waals surface area contributed by atoms with Crippen molar-refractivity contribution in [2.75, 3.05) is 6.54 Å². The van der Waals surface area contributed by atoms with Gasteiger partial charge in [0.2, 0.25) is 5.91 Å². The van der Waals surface area contributed by atoms with Gasteiger partial charge < -0.3 is 4.90 Å². The Balaban J connectivity index is 1.84. The van der Waals surface area contributed by atoms with Gasteiger partial charge in [0.1, 0.15) is 6.07 Å². The van der Waals surface area contributed by atoms with Crippen LogP contribution in [0.25, 0.3) is 0 Å². The van der Waals surface area contributed by atoms with Crippen molar-refractivity contribution in [2.45, 2.75) is 18.8 Å². The Kier molecular flexibility index (Phi) is 4.93. The molecule has 0 aliphatic carbocycles. The molecule has 1 saturated heterocycles. The molecule has 24 heavy (non-hydrogen) atoms. The van der Waals surface area contributed by atoms with Crippen LogP contribution in [0.3, 0.4) is 0 Å². The fourth-order valence-electron chi connectivity index (χ4n) is 2.75. The van der Waals surface area contributed by atoms with Crippen molar-refractivity contribution in [3.63, 3.8) is 0 Å². The molecule has 3 rings (SSSR count). The van der Waals surface area contributed by atoms with Gasteiger partial charge in [-0.2, -0.15) is 5.26 Å². The molecular formula is C19H16ClN3O. The normalized spacial score (nSPS) is 15.8. The second kappa shape index (κ2) is 7.29. The highest BCUT2D eigenvalue weighted by atomic mass is 35.5. The van der Waals surface area contributed by atoms with Crippen LogP contribution >= 0.6 is 11.6 Å². The number of likely N-dealkylation sites (tertiary alicyclic amines) is 1. The molecule has 5 heteroatoms. The second-order valence-electron chi connectivity index (χ2n) is 5.65. The van der Waals surface area contributed by atoms with Gasteiger partial charge in [0.25, 0.3) is 0 Å². The predicted octanol–water partition coefficient (Wildman–Crippen LogP) is 3.80. The zero-order valence-electron chi connectivity index (χ0n) is 13.1. The maximum Gasteiger partial charge on any atom is 0.228 e. The van der Waals surface area contributed by atoms with Crippen molar-refractivity contribution in [3.05, 3.63) is 65.2 Å². The molecule has 1 amide bonds. The fraction of sp³-hybridized carbons (Fsp3) is 0.211. The average Bonchev–Trinajstić information content (AvgIpc) is 2.95. The summed E-state index contributed by atoms with van der Waals surface area (Å²) in [6.45, 7) is 1.05. The first-order chi connectivity index (χ1) is 11.7. The molecule has 1 fully saturated rings. The third kappa shape index (κ3) is 3.47. The molecule has 0 atom stereocenters. The molecule has 0 radical (unpaired) electrons. The molecule has 120 valence electrons. The van der Waals surface area contributed by atoms with E-state index in [0.717, 1.165) is 16.8 Å². The predicted molar refractivity (Wildman–Crippen MR) is 94.3 cm³/mol. The quantitative estimate of drug-likeness (QED) is 0.797. The number of hydrogen-bond donors (Lipinski definition) is 0. The lowest BCUT2D eigenvalue weighted by atomic mass is 10.1. The summed E-state index contributed by atoms with van der Waals surface area (Å²) in [5.41, 5.74) is 3.72. The summed E-state index contributed by atoms with van der Waals surface area (Å²) in [5, 5.41) is 9.27. The van der Waals surface area contributed by atoms with E-state index in [-0.39, 0.29) is 18.2 Å². The van der Waals surface area contributed by atoms with Crippen LogP contribution in [0.15, 0.2) is 53.5 Å². The maximum atomic E-state index is 12.2. The summed E-state index contributed by atoms with van der Waals surface area (Å²) in [5.74, 6) is 0.336. The van der Waals surface area contributed by atoms with Gasteiger partial charge in [-0.05, 0) is 17.2 Å². The van der Waals surface area contributed by atoms with E-state index in [1.54, 1.807) is 17.0 Å². The van der Waals surface area contributed by atoms with Crippen LogP contribution in [-0.4, -0.2) is 23.1 Å². The Morgan fingerprint density at radius 1 is 1.17 bits per heavy atom.